The molecule has 0 aliphatic carbocycles. The van der Waals surface area contributed by atoms with Gasteiger partial charge in [0.1, 0.15) is 0 Å². The maximum Gasteiger partial charge on any atom is 0.152 e. The number of rotatable bonds is 8. The van der Waals surface area contributed by atoms with Crippen molar-refractivity contribution in [3.8, 4) is 11.8 Å². The summed E-state index contributed by atoms with van der Waals surface area (Å²) in [5, 5.41) is 0. The van der Waals surface area contributed by atoms with Gasteiger partial charge < -0.3 is 14.3 Å². The number of hydrogen-bond donors (Lipinski definition) is 0. The molecule has 0 unspecified atom stereocenters. The van der Waals surface area contributed by atoms with E-state index < -0.39 is 12.2 Å². The van der Waals surface area contributed by atoms with Crippen LogP contribution in [0.2, 0.25) is 0 Å². The second-order valence-electron chi connectivity index (χ2n) is 6.06. The highest BCUT2D eigenvalue weighted by Crippen LogP contribution is 2.11. The Bertz CT molecular complexity index is 683. The molecule has 0 radical (unpaired) electrons. The Labute approximate surface area is 150 Å². The Balaban J connectivity index is 2.03. The molecule has 3 heteroatoms. The maximum absolute atomic E-state index is 11.6. The van der Waals surface area contributed by atoms with Gasteiger partial charge in [-0.2, -0.15) is 0 Å². The summed E-state index contributed by atoms with van der Waals surface area (Å²) in [6.07, 6.45) is -0.549. The molecule has 0 aromatic heterocycles. The molecule has 0 saturated heterocycles. The van der Waals surface area contributed by atoms with Gasteiger partial charge in [0.05, 0.1) is 13.2 Å². The minimum absolute atomic E-state index is 0.198. The van der Waals surface area contributed by atoms with Crippen molar-refractivity contribution in [3.05, 3.63) is 71.8 Å². The smallest absolute Gasteiger partial charge is 0.152 e. The Morgan fingerprint density at radius 1 is 0.840 bits per heavy atom. The lowest BCUT2D eigenvalue weighted by molar-refractivity contribution is -0.128. The molecule has 0 bridgehead atoms. The molecule has 2 aromatic rings. The molecule has 2 aromatic carbocycles. The first kappa shape index (κ1) is 18.9. The average Bonchev–Trinajstić information content (AvgIpc) is 2.65. The van der Waals surface area contributed by atoms with Crippen LogP contribution in [0.15, 0.2) is 60.7 Å². The molecule has 0 aliphatic heterocycles. The van der Waals surface area contributed by atoms with E-state index >= 15 is 0 Å². The zero-order valence-corrected chi connectivity index (χ0v) is 14.7. The van der Waals surface area contributed by atoms with E-state index in [0.29, 0.717) is 13.2 Å². The second-order valence-corrected chi connectivity index (χ2v) is 6.06. The molecule has 0 saturated carbocycles. The molecular weight excluding hydrogens is 312 g/mol. The van der Waals surface area contributed by atoms with E-state index in [1.807, 2.05) is 74.5 Å². The molecule has 25 heavy (non-hydrogen) atoms. The zero-order chi connectivity index (χ0) is 17.9. The standard InChI is InChI=1S/C22H24O3/c1-18(2)13-14-21(24-16-19-9-5-3-6-10-19)22(15-23)25-17-20-11-7-4-8-12-20/h3-12,15,18,21-22H,16-17H2,1-2H3/t21-,22-/m1/s1. The first-order valence-electron chi connectivity index (χ1n) is 8.46. The monoisotopic (exact) mass is 336 g/mol. The highest BCUT2D eigenvalue weighted by molar-refractivity contribution is 5.58. The van der Waals surface area contributed by atoms with Gasteiger partial charge in [-0.3, -0.25) is 0 Å². The van der Waals surface area contributed by atoms with E-state index in [9.17, 15) is 4.79 Å². The lowest BCUT2D eigenvalue weighted by Gasteiger charge is -2.19. The fourth-order valence-corrected chi connectivity index (χ4v) is 2.19. The summed E-state index contributed by atoms with van der Waals surface area (Å²) in [6.45, 7) is 4.74. The molecule has 130 valence electrons. The molecule has 0 N–H and O–H groups in total. The lowest BCUT2D eigenvalue weighted by atomic mass is 10.1. The molecule has 0 amide bonds. The van der Waals surface area contributed by atoms with Crippen molar-refractivity contribution in [3.63, 3.8) is 0 Å². The summed E-state index contributed by atoms with van der Waals surface area (Å²) in [5.41, 5.74) is 2.04. The van der Waals surface area contributed by atoms with E-state index in [1.165, 1.54) is 0 Å². The van der Waals surface area contributed by atoms with Gasteiger partial charge in [-0.05, 0) is 11.1 Å². The van der Waals surface area contributed by atoms with E-state index in [-0.39, 0.29) is 5.92 Å². The molecule has 0 spiro atoms. The molecule has 0 aliphatic rings. The van der Waals surface area contributed by atoms with Gasteiger partial charge in [0.2, 0.25) is 0 Å². The van der Waals surface area contributed by atoms with Crippen LogP contribution < -0.4 is 0 Å². The fourth-order valence-electron chi connectivity index (χ4n) is 2.19. The Morgan fingerprint density at radius 3 is 1.84 bits per heavy atom. The predicted molar refractivity (Wildman–Crippen MR) is 98.7 cm³/mol. The molecule has 3 nitrogen and oxygen atoms in total. The second kappa shape index (κ2) is 10.5. The average molecular weight is 336 g/mol. The Hall–Kier alpha value is -2.41. The Morgan fingerprint density at radius 2 is 1.36 bits per heavy atom. The predicted octanol–water partition coefficient (Wildman–Crippen LogP) is 4.02. The van der Waals surface area contributed by atoms with E-state index in [2.05, 4.69) is 11.8 Å². The van der Waals surface area contributed by atoms with Gasteiger partial charge in [0, 0.05) is 5.92 Å². The van der Waals surface area contributed by atoms with Crippen molar-refractivity contribution in [1.29, 1.82) is 0 Å². The minimum Gasteiger partial charge on any atom is -0.362 e. The number of hydrogen-bond acceptors (Lipinski definition) is 3. The van der Waals surface area contributed by atoms with Crippen LogP contribution in [0.1, 0.15) is 25.0 Å². The number of benzene rings is 2. The normalized spacial score (nSPS) is 12.9. The number of carbonyl (C=O) groups excluding carboxylic acids is 1. The summed E-state index contributed by atoms with van der Waals surface area (Å²) in [7, 11) is 0. The van der Waals surface area contributed by atoms with Gasteiger partial charge in [-0.15, -0.1) is 0 Å². The summed E-state index contributed by atoms with van der Waals surface area (Å²) in [5.74, 6) is 6.33. The summed E-state index contributed by atoms with van der Waals surface area (Å²) in [6, 6.07) is 19.6. The summed E-state index contributed by atoms with van der Waals surface area (Å²) in [4.78, 5) is 11.6. The van der Waals surface area contributed by atoms with Crippen molar-refractivity contribution in [2.75, 3.05) is 0 Å². The fraction of sp³-hybridized carbons (Fsp3) is 0.318. The molecule has 2 atom stereocenters. The zero-order valence-electron chi connectivity index (χ0n) is 14.7. The van der Waals surface area contributed by atoms with Crippen LogP contribution in [0, 0.1) is 17.8 Å². The van der Waals surface area contributed by atoms with Gasteiger partial charge in [0.15, 0.2) is 18.5 Å². The largest absolute Gasteiger partial charge is 0.362 e. The van der Waals surface area contributed by atoms with Crippen molar-refractivity contribution in [1.82, 2.24) is 0 Å². The van der Waals surface area contributed by atoms with Crippen molar-refractivity contribution >= 4 is 6.29 Å². The van der Waals surface area contributed by atoms with E-state index in [4.69, 9.17) is 9.47 Å². The third-order valence-electron chi connectivity index (χ3n) is 3.50. The number of carbonyl (C=O) groups is 1. The molecule has 0 fully saturated rings. The molecule has 0 heterocycles. The van der Waals surface area contributed by atoms with Crippen LogP contribution in [0.3, 0.4) is 0 Å². The van der Waals surface area contributed by atoms with Crippen LogP contribution in [0.25, 0.3) is 0 Å². The highest BCUT2D eigenvalue weighted by Gasteiger charge is 2.21. The van der Waals surface area contributed by atoms with Crippen molar-refractivity contribution < 1.29 is 14.3 Å². The van der Waals surface area contributed by atoms with E-state index in [0.717, 1.165) is 17.4 Å². The topological polar surface area (TPSA) is 35.5 Å². The van der Waals surface area contributed by atoms with Crippen LogP contribution in [0.4, 0.5) is 0 Å². The minimum atomic E-state index is -0.727. The quantitative estimate of drug-likeness (QED) is 0.540. The van der Waals surface area contributed by atoms with Crippen LogP contribution in [-0.2, 0) is 27.5 Å². The first-order valence-corrected chi connectivity index (χ1v) is 8.46. The van der Waals surface area contributed by atoms with E-state index in [1.54, 1.807) is 0 Å². The number of ether oxygens (including phenoxy) is 2. The highest BCUT2D eigenvalue weighted by atomic mass is 16.5. The van der Waals surface area contributed by atoms with Gasteiger partial charge in [0.25, 0.3) is 0 Å². The third-order valence-corrected chi connectivity index (χ3v) is 3.50. The maximum atomic E-state index is 11.6. The van der Waals surface area contributed by atoms with Gasteiger partial charge in [-0.25, -0.2) is 0 Å². The third kappa shape index (κ3) is 6.93. The summed E-state index contributed by atoms with van der Waals surface area (Å²) < 4.78 is 11.7. The Kier molecular flexibility index (Phi) is 7.91. The van der Waals surface area contributed by atoms with Gasteiger partial charge in [-0.1, -0.05) is 86.4 Å². The first-order chi connectivity index (χ1) is 12.2. The van der Waals surface area contributed by atoms with Crippen LogP contribution >= 0.6 is 0 Å². The van der Waals surface area contributed by atoms with Crippen LogP contribution in [-0.4, -0.2) is 18.5 Å². The number of aldehydes is 1. The lowest BCUT2D eigenvalue weighted by Crippen LogP contribution is -2.32. The molecular formula is C22H24O3. The van der Waals surface area contributed by atoms with Crippen LogP contribution in [0.5, 0.6) is 0 Å². The van der Waals surface area contributed by atoms with Crippen molar-refractivity contribution in [2.24, 2.45) is 5.92 Å². The van der Waals surface area contributed by atoms with Crippen molar-refractivity contribution in [2.45, 2.75) is 39.3 Å². The SMILES string of the molecule is CC(C)C#C[C@@H](OCc1ccccc1)[C@@H](C=O)OCc1ccccc1. The van der Waals surface area contributed by atoms with Gasteiger partial charge >= 0.3 is 0 Å². The molecule has 2 rings (SSSR count). The summed E-state index contributed by atoms with van der Waals surface area (Å²) >= 11 is 0.